The van der Waals surface area contributed by atoms with Gasteiger partial charge < -0.3 is 9.47 Å². The Labute approximate surface area is 176 Å². The second-order valence-corrected chi connectivity index (χ2v) is 8.20. The zero-order valence-corrected chi connectivity index (χ0v) is 18.6. The van der Waals surface area contributed by atoms with Crippen LogP contribution in [-0.2, 0) is 5.41 Å². The molecule has 0 saturated heterocycles. The highest BCUT2D eigenvalue weighted by molar-refractivity contribution is 7.71. The molecular formula is C21H30N4O3S. The zero-order valence-electron chi connectivity index (χ0n) is 17.8. The molecule has 0 aliphatic carbocycles. The second kappa shape index (κ2) is 10.3. The SMILES string of the molecule is CCCCCCOc1ccc(/C=N\n2c(=S)[nH]nc(C(C)(C)C)c2=O)cc1OC. The van der Waals surface area contributed by atoms with Gasteiger partial charge in [-0.05, 0) is 42.4 Å². The molecule has 0 radical (unpaired) electrons. The average Bonchev–Trinajstić information content (AvgIpc) is 2.67. The number of unbranched alkanes of at least 4 members (excludes halogenated alkanes) is 3. The van der Waals surface area contributed by atoms with Crippen molar-refractivity contribution < 1.29 is 9.47 Å². The standard InChI is InChI=1S/C21H30N4O3S/c1-6-7-8-9-12-28-16-11-10-15(13-17(16)27-5)14-22-25-19(26)18(21(2,3)4)23-24-20(25)29/h10-11,13-14H,6-9,12H2,1-5H3,(H,24,29)/b22-14-. The van der Waals surface area contributed by atoms with Crippen molar-refractivity contribution in [3.8, 4) is 11.5 Å². The summed E-state index contributed by atoms with van der Waals surface area (Å²) in [5.74, 6) is 1.31. The molecule has 2 aromatic rings. The number of aromatic nitrogens is 3. The summed E-state index contributed by atoms with van der Waals surface area (Å²) in [6.45, 7) is 8.57. The Balaban J connectivity index is 2.21. The quantitative estimate of drug-likeness (QED) is 0.370. The molecule has 0 amide bonds. The van der Waals surface area contributed by atoms with E-state index in [4.69, 9.17) is 21.7 Å². The van der Waals surface area contributed by atoms with Crippen molar-refractivity contribution in [2.45, 2.75) is 58.8 Å². The molecule has 1 heterocycles. The molecule has 0 atom stereocenters. The zero-order chi connectivity index (χ0) is 21.4. The summed E-state index contributed by atoms with van der Waals surface area (Å²) in [5.41, 5.74) is 0.368. The molecule has 0 saturated carbocycles. The second-order valence-electron chi connectivity index (χ2n) is 7.81. The van der Waals surface area contributed by atoms with E-state index in [1.165, 1.54) is 12.8 Å². The van der Waals surface area contributed by atoms with Crippen LogP contribution in [0.2, 0.25) is 0 Å². The summed E-state index contributed by atoms with van der Waals surface area (Å²) in [4.78, 5) is 12.7. The minimum atomic E-state index is -0.423. The molecule has 0 aliphatic heterocycles. The molecule has 0 spiro atoms. The average molecular weight is 419 g/mol. The van der Waals surface area contributed by atoms with Gasteiger partial charge >= 0.3 is 0 Å². The van der Waals surface area contributed by atoms with E-state index in [0.29, 0.717) is 23.8 Å². The number of hydrogen-bond donors (Lipinski definition) is 1. The summed E-state index contributed by atoms with van der Waals surface area (Å²) >= 11 is 5.17. The Morgan fingerprint density at radius 1 is 1.24 bits per heavy atom. The highest BCUT2D eigenvalue weighted by atomic mass is 32.1. The van der Waals surface area contributed by atoms with Gasteiger partial charge in [-0.25, -0.2) is 0 Å². The van der Waals surface area contributed by atoms with Gasteiger partial charge in [0.1, 0.15) is 5.69 Å². The van der Waals surface area contributed by atoms with Crippen molar-refractivity contribution in [3.05, 3.63) is 44.6 Å². The van der Waals surface area contributed by atoms with Gasteiger partial charge in [-0.1, -0.05) is 47.0 Å². The van der Waals surface area contributed by atoms with Gasteiger partial charge in [0.15, 0.2) is 11.5 Å². The summed E-state index contributed by atoms with van der Waals surface area (Å²) in [5, 5.41) is 11.0. The third-order valence-corrected chi connectivity index (χ3v) is 4.59. The van der Waals surface area contributed by atoms with E-state index in [1.807, 2.05) is 39.0 Å². The number of benzene rings is 1. The smallest absolute Gasteiger partial charge is 0.297 e. The van der Waals surface area contributed by atoms with Gasteiger partial charge in [-0.3, -0.25) is 9.89 Å². The van der Waals surface area contributed by atoms with Crippen LogP contribution in [0.1, 0.15) is 64.6 Å². The van der Waals surface area contributed by atoms with Crippen LogP contribution in [0.3, 0.4) is 0 Å². The van der Waals surface area contributed by atoms with Crippen LogP contribution in [0.25, 0.3) is 0 Å². The van der Waals surface area contributed by atoms with Crippen molar-refractivity contribution >= 4 is 18.4 Å². The lowest BCUT2D eigenvalue weighted by molar-refractivity contribution is 0.285. The van der Waals surface area contributed by atoms with Crippen LogP contribution in [0, 0.1) is 4.77 Å². The first-order valence-electron chi connectivity index (χ1n) is 9.85. The fourth-order valence-corrected chi connectivity index (χ4v) is 2.88. The number of ether oxygens (including phenoxy) is 2. The van der Waals surface area contributed by atoms with E-state index in [0.717, 1.165) is 23.1 Å². The molecule has 7 nitrogen and oxygen atoms in total. The first-order valence-corrected chi connectivity index (χ1v) is 10.3. The number of rotatable bonds is 9. The number of nitrogens with zero attached hydrogens (tertiary/aromatic N) is 3. The van der Waals surface area contributed by atoms with Gasteiger partial charge in [0.2, 0.25) is 4.77 Å². The minimum Gasteiger partial charge on any atom is -0.493 e. The monoisotopic (exact) mass is 418 g/mol. The minimum absolute atomic E-state index is 0.137. The number of nitrogens with one attached hydrogen (secondary N) is 1. The molecule has 2 rings (SSSR count). The molecule has 0 bridgehead atoms. The van der Waals surface area contributed by atoms with Crippen LogP contribution in [0.4, 0.5) is 0 Å². The summed E-state index contributed by atoms with van der Waals surface area (Å²) < 4.78 is 12.5. The molecule has 0 fully saturated rings. The predicted octanol–water partition coefficient (Wildman–Crippen LogP) is 4.45. The van der Waals surface area contributed by atoms with Crippen molar-refractivity contribution in [1.82, 2.24) is 14.9 Å². The maximum absolute atomic E-state index is 12.7. The topological polar surface area (TPSA) is 81.5 Å². The summed E-state index contributed by atoms with van der Waals surface area (Å²) in [6, 6.07) is 5.52. The van der Waals surface area contributed by atoms with Crippen molar-refractivity contribution in [2.24, 2.45) is 5.10 Å². The van der Waals surface area contributed by atoms with Crippen LogP contribution in [0.5, 0.6) is 11.5 Å². The molecular weight excluding hydrogens is 388 g/mol. The highest BCUT2D eigenvalue weighted by Gasteiger charge is 2.21. The number of H-pyrrole nitrogens is 1. The fourth-order valence-electron chi connectivity index (χ4n) is 2.70. The molecule has 29 heavy (non-hydrogen) atoms. The van der Waals surface area contributed by atoms with E-state index in [1.54, 1.807) is 13.3 Å². The normalized spacial score (nSPS) is 11.8. The van der Waals surface area contributed by atoms with Crippen molar-refractivity contribution in [1.29, 1.82) is 0 Å². The van der Waals surface area contributed by atoms with Gasteiger partial charge in [-0.15, -0.1) is 0 Å². The predicted molar refractivity (Wildman–Crippen MR) is 118 cm³/mol. The van der Waals surface area contributed by atoms with Gasteiger partial charge in [0.05, 0.1) is 19.9 Å². The Bertz CT molecular complexity index is 958. The molecule has 0 unspecified atom stereocenters. The van der Waals surface area contributed by atoms with E-state index >= 15 is 0 Å². The number of aromatic amines is 1. The molecule has 1 aromatic carbocycles. The largest absolute Gasteiger partial charge is 0.493 e. The maximum atomic E-state index is 12.7. The van der Waals surface area contributed by atoms with Gasteiger partial charge in [0.25, 0.3) is 5.56 Å². The van der Waals surface area contributed by atoms with Gasteiger partial charge in [-0.2, -0.15) is 14.9 Å². The lowest BCUT2D eigenvalue weighted by Gasteiger charge is -2.16. The molecule has 0 aliphatic rings. The third-order valence-electron chi connectivity index (χ3n) is 4.33. The van der Waals surface area contributed by atoms with Crippen molar-refractivity contribution in [2.75, 3.05) is 13.7 Å². The molecule has 8 heteroatoms. The lowest BCUT2D eigenvalue weighted by atomic mass is 9.93. The van der Waals surface area contributed by atoms with E-state index < -0.39 is 5.41 Å². The molecule has 1 aromatic heterocycles. The number of hydrogen-bond acceptors (Lipinski definition) is 6. The van der Waals surface area contributed by atoms with Gasteiger partial charge in [0, 0.05) is 5.41 Å². The van der Waals surface area contributed by atoms with Crippen LogP contribution in [-0.4, -0.2) is 34.8 Å². The lowest BCUT2D eigenvalue weighted by Crippen LogP contribution is -2.32. The van der Waals surface area contributed by atoms with E-state index in [2.05, 4.69) is 22.2 Å². The Morgan fingerprint density at radius 3 is 2.66 bits per heavy atom. The maximum Gasteiger partial charge on any atom is 0.297 e. The summed E-state index contributed by atoms with van der Waals surface area (Å²) in [7, 11) is 1.60. The van der Waals surface area contributed by atoms with E-state index in [9.17, 15) is 4.79 Å². The Morgan fingerprint density at radius 2 is 2.00 bits per heavy atom. The Kier molecular flexibility index (Phi) is 8.13. The Hall–Kier alpha value is -2.48. The molecule has 158 valence electrons. The van der Waals surface area contributed by atoms with Crippen LogP contribution in [0.15, 0.2) is 28.1 Å². The van der Waals surface area contributed by atoms with Crippen molar-refractivity contribution in [3.63, 3.8) is 0 Å². The van der Waals surface area contributed by atoms with E-state index in [-0.39, 0.29) is 10.3 Å². The first kappa shape index (κ1) is 22.8. The third kappa shape index (κ3) is 6.25. The molecule has 1 N–H and O–H groups in total. The summed E-state index contributed by atoms with van der Waals surface area (Å²) in [6.07, 6.45) is 6.13. The number of methoxy groups -OCH3 is 1. The highest BCUT2D eigenvalue weighted by Crippen LogP contribution is 2.27. The van der Waals surface area contributed by atoms with Crippen LogP contribution < -0.4 is 15.0 Å². The first-order chi connectivity index (χ1) is 13.8. The van der Waals surface area contributed by atoms with Crippen LogP contribution >= 0.6 is 12.2 Å². The fraction of sp³-hybridized carbons (Fsp3) is 0.524.